The Morgan fingerprint density at radius 3 is 2.23 bits per heavy atom. The molecule has 5 nitrogen and oxygen atoms in total. The lowest BCUT2D eigenvalue weighted by Gasteiger charge is -2.65. The van der Waals surface area contributed by atoms with Crippen molar-refractivity contribution < 1.29 is 24.2 Å². The van der Waals surface area contributed by atoms with Crippen LogP contribution in [0.4, 0.5) is 0 Å². The minimum Gasteiger partial charge on any atom is -0.460 e. The van der Waals surface area contributed by atoms with Crippen LogP contribution < -0.4 is 0 Å². The molecule has 4 aliphatic rings. The number of carbonyl (C=O) groups excluding carboxylic acids is 2. The van der Waals surface area contributed by atoms with Crippen molar-refractivity contribution in [1.29, 1.82) is 0 Å². The molecule has 1 saturated carbocycles. The van der Waals surface area contributed by atoms with E-state index in [1.807, 2.05) is 34.6 Å². The Kier molecular flexibility index (Phi) is 3.29. The fourth-order valence-electron chi connectivity index (χ4n) is 5.24. The highest BCUT2D eigenvalue weighted by Crippen LogP contribution is 2.61. The van der Waals surface area contributed by atoms with Crippen molar-refractivity contribution in [3.8, 4) is 0 Å². The van der Waals surface area contributed by atoms with Gasteiger partial charge in [0.2, 0.25) is 0 Å². The van der Waals surface area contributed by atoms with E-state index >= 15 is 0 Å². The van der Waals surface area contributed by atoms with Crippen molar-refractivity contribution in [2.45, 2.75) is 65.5 Å². The van der Waals surface area contributed by atoms with E-state index in [0.29, 0.717) is 0 Å². The van der Waals surface area contributed by atoms with Crippen LogP contribution >= 0.6 is 0 Å². The van der Waals surface area contributed by atoms with Crippen LogP contribution in [0.3, 0.4) is 0 Å². The molecule has 3 heterocycles. The molecule has 3 saturated heterocycles. The summed E-state index contributed by atoms with van der Waals surface area (Å²) < 4.78 is 11.9. The highest BCUT2D eigenvalue weighted by molar-refractivity contribution is 6.09. The summed E-state index contributed by atoms with van der Waals surface area (Å²) in [6.45, 7) is 11.2. The summed E-state index contributed by atoms with van der Waals surface area (Å²) in [6, 6.07) is 0. The van der Waals surface area contributed by atoms with Gasteiger partial charge in [-0.1, -0.05) is 27.7 Å². The molecular formula is C17H26O5. The standard InChI is InChI=1S/C17H26O5/c1-7-11(5)22-17(9(3)12(7)18)10(4)13-8(2)14(19)16(17,6)15(20)21-13/h7-13,18H,1-6H3/t7-,8+,9-,10+,11-,12-,13+,16+,17+/m1/s1. The van der Waals surface area contributed by atoms with E-state index in [-0.39, 0.29) is 35.6 Å². The zero-order valence-electron chi connectivity index (χ0n) is 14.1. The second-order valence-electron chi connectivity index (χ2n) is 7.69. The number of Topliss-reactive ketones (excluding diaryl/α,β-unsaturated/α-hetero) is 1. The maximum absolute atomic E-state index is 12.9. The molecule has 0 radical (unpaired) electrons. The molecule has 0 aromatic rings. The Bertz CT molecular complexity index is 525. The number of esters is 1. The summed E-state index contributed by atoms with van der Waals surface area (Å²) in [6.07, 6.45) is -1.31. The lowest BCUT2D eigenvalue weighted by Crippen LogP contribution is -2.79. The third-order valence-corrected chi connectivity index (χ3v) is 6.85. The third-order valence-electron chi connectivity index (χ3n) is 6.85. The summed E-state index contributed by atoms with van der Waals surface area (Å²) >= 11 is 0. The summed E-state index contributed by atoms with van der Waals surface area (Å²) in [4.78, 5) is 25.5. The number of carbonyl (C=O) groups is 2. The van der Waals surface area contributed by atoms with Crippen LogP contribution in [0.2, 0.25) is 0 Å². The van der Waals surface area contributed by atoms with E-state index in [0.717, 1.165) is 0 Å². The Hall–Kier alpha value is -0.940. The van der Waals surface area contributed by atoms with E-state index in [9.17, 15) is 14.7 Å². The highest BCUT2D eigenvalue weighted by atomic mass is 16.6. The number of rotatable bonds is 0. The third kappa shape index (κ3) is 1.47. The molecule has 124 valence electrons. The maximum Gasteiger partial charge on any atom is 0.322 e. The maximum atomic E-state index is 12.9. The zero-order valence-corrected chi connectivity index (χ0v) is 14.1. The van der Waals surface area contributed by atoms with Crippen LogP contribution in [0, 0.1) is 29.1 Å². The molecule has 0 amide bonds. The predicted molar refractivity (Wildman–Crippen MR) is 78.9 cm³/mol. The number of ketones is 1. The highest BCUT2D eigenvalue weighted by Gasteiger charge is 2.76. The summed E-state index contributed by atoms with van der Waals surface area (Å²) in [5.74, 6) is -1.44. The average molecular weight is 310 g/mol. The lowest BCUT2D eigenvalue weighted by molar-refractivity contribution is -0.317. The Morgan fingerprint density at radius 2 is 1.64 bits per heavy atom. The quantitative estimate of drug-likeness (QED) is 0.543. The van der Waals surface area contributed by atoms with Crippen molar-refractivity contribution in [1.82, 2.24) is 0 Å². The normalized spacial score (nSPS) is 58.0. The van der Waals surface area contributed by atoms with E-state index in [1.165, 1.54) is 0 Å². The van der Waals surface area contributed by atoms with Gasteiger partial charge in [-0.25, -0.2) is 0 Å². The van der Waals surface area contributed by atoms with Crippen LogP contribution in [-0.4, -0.2) is 40.8 Å². The molecule has 22 heavy (non-hydrogen) atoms. The molecule has 1 N–H and O–H groups in total. The van der Waals surface area contributed by atoms with Gasteiger partial charge in [-0.15, -0.1) is 0 Å². The summed E-state index contributed by atoms with van der Waals surface area (Å²) in [5.41, 5.74) is -2.35. The van der Waals surface area contributed by atoms with Crippen molar-refractivity contribution in [2.75, 3.05) is 0 Å². The molecule has 5 heteroatoms. The van der Waals surface area contributed by atoms with Gasteiger partial charge >= 0.3 is 5.97 Å². The van der Waals surface area contributed by atoms with Gasteiger partial charge in [-0.3, -0.25) is 9.59 Å². The predicted octanol–water partition coefficient (Wildman–Crippen LogP) is 1.56. The van der Waals surface area contributed by atoms with Crippen LogP contribution in [0.5, 0.6) is 0 Å². The van der Waals surface area contributed by atoms with Crippen molar-refractivity contribution in [3.05, 3.63) is 0 Å². The van der Waals surface area contributed by atoms with Gasteiger partial charge in [0.15, 0.2) is 11.2 Å². The fourth-order valence-corrected chi connectivity index (χ4v) is 5.24. The smallest absolute Gasteiger partial charge is 0.322 e. The molecule has 9 atom stereocenters. The van der Waals surface area contributed by atoms with Gasteiger partial charge in [0.1, 0.15) is 11.7 Å². The molecule has 2 bridgehead atoms. The van der Waals surface area contributed by atoms with Crippen molar-refractivity contribution >= 4 is 11.8 Å². The van der Waals surface area contributed by atoms with Gasteiger partial charge in [0.05, 0.1) is 18.1 Å². The molecule has 0 aromatic carbocycles. The fraction of sp³-hybridized carbons (Fsp3) is 0.882. The number of hydrogen-bond acceptors (Lipinski definition) is 5. The monoisotopic (exact) mass is 310 g/mol. The molecule has 3 aliphatic heterocycles. The van der Waals surface area contributed by atoms with Crippen LogP contribution in [0.1, 0.15) is 41.5 Å². The molecule has 0 aromatic heterocycles. The lowest BCUT2D eigenvalue weighted by atomic mass is 9.48. The minimum absolute atomic E-state index is 0.0413. The van der Waals surface area contributed by atoms with E-state index in [4.69, 9.17) is 9.47 Å². The number of hydrogen-bond donors (Lipinski definition) is 1. The van der Waals surface area contributed by atoms with Crippen LogP contribution in [0.25, 0.3) is 0 Å². The second kappa shape index (κ2) is 4.54. The molecule has 0 unspecified atom stereocenters. The second-order valence-corrected chi connectivity index (χ2v) is 7.69. The number of aliphatic hydroxyl groups excluding tert-OH is 1. The zero-order chi connectivity index (χ0) is 16.6. The Labute approximate surface area is 131 Å². The van der Waals surface area contributed by atoms with Gasteiger partial charge in [-0.2, -0.15) is 0 Å². The average Bonchev–Trinajstić information content (AvgIpc) is 2.48. The van der Waals surface area contributed by atoms with Gasteiger partial charge in [0.25, 0.3) is 0 Å². The summed E-state index contributed by atoms with van der Waals surface area (Å²) in [7, 11) is 0. The first kappa shape index (κ1) is 15.9. The Balaban J connectivity index is 2.20. The van der Waals surface area contributed by atoms with Crippen molar-refractivity contribution in [3.63, 3.8) is 0 Å². The van der Waals surface area contributed by atoms with Crippen LogP contribution in [0.15, 0.2) is 0 Å². The SMILES string of the molecule is C[C@H]1[C@@H](O)[C@@H](C)[C@]2(O[C@@H]1C)[C@@H](C)[C@H]1OC(=O)[C@]2(C)C(=O)[C@H]1C. The molecule has 1 aliphatic carbocycles. The molecule has 4 rings (SSSR count). The minimum atomic E-state index is -1.35. The molecular weight excluding hydrogens is 284 g/mol. The van der Waals surface area contributed by atoms with E-state index in [2.05, 4.69) is 0 Å². The molecule has 4 fully saturated rings. The van der Waals surface area contributed by atoms with E-state index < -0.39 is 29.2 Å². The first-order valence-corrected chi connectivity index (χ1v) is 8.22. The topological polar surface area (TPSA) is 72.8 Å². The first-order chi connectivity index (χ1) is 10.1. The number of ether oxygens (including phenoxy) is 2. The van der Waals surface area contributed by atoms with Crippen LogP contribution in [-0.2, 0) is 19.1 Å². The van der Waals surface area contributed by atoms with Gasteiger partial charge in [0, 0.05) is 17.8 Å². The number of fused-ring (bicyclic) bond motifs is 2. The summed E-state index contributed by atoms with van der Waals surface area (Å²) in [5, 5.41) is 10.7. The Morgan fingerprint density at radius 1 is 1.05 bits per heavy atom. The number of aliphatic hydroxyl groups is 1. The first-order valence-electron chi connectivity index (χ1n) is 8.22. The largest absolute Gasteiger partial charge is 0.460 e. The van der Waals surface area contributed by atoms with Crippen molar-refractivity contribution in [2.24, 2.45) is 29.1 Å². The van der Waals surface area contributed by atoms with Gasteiger partial charge < -0.3 is 14.6 Å². The van der Waals surface area contributed by atoms with E-state index in [1.54, 1.807) is 6.92 Å². The molecule has 1 spiro atoms. The van der Waals surface area contributed by atoms with Gasteiger partial charge in [-0.05, 0) is 13.8 Å².